The quantitative estimate of drug-likeness (QED) is 0.772. The molecule has 2 aromatic carbocycles. The number of carbonyl (C=O) groups excluding carboxylic acids is 1. The van der Waals surface area contributed by atoms with Crippen LogP contribution < -0.4 is 14.4 Å². The van der Waals surface area contributed by atoms with E-state index in [9.17, 15) is 13.2 Å². The van der Waals surface area contributed by atoms with Crippen molar-refractivity contribution in [3.63, 3.8) is 0 Å². The molecular weight excluding hydrogens is 364 g/mol. The predicted molar refractivity (Wildman–Crippen MR) is 107 cm³/mol. The van der Waals surface area contributed by atoms with Gasteiger partial charge in [0.2, 0.25) is 10.0 Å². The minimum atomic E-state index is -3.32. The van der Waals surface area contributed by atoms with Gasteiger partial charge in [-0.2, -0.15) is 0 Å². The summed E-state index contributed by atoms with van der Waals surface area (Å²) in [4.78, 5) is 12.6. The van der Waals surface area contributed by atoms with Crippen LogP contribution in [0.5, 0.6) is 5.75 Å². The molecule has 1 aliphatic rings. The lowest BCUT2D eigenvalue weighted by atomic mass is 10.1. The molecule has 0 saturated carbocycles. The number of carbonyl (C=O) groups is 1. The van der Waals surface area contributed by atoms with E-state index >= 15 is 0 Å². The molecule has 1 fully saturated rings. The van der Waals surface area contributed by atoms with Gasteiger partial charge in [-0.3, -0.25) is 9.10 Å². The maximum Gasteiger partial charge on any atom is 0.255 e. The summed E-state index contributed by atoms with van der Waals surface area (Å²) in [5.41, 5.74) is 1.51. The summed E-state index contributed by atoms with van der Waals surface area (Å²) in [6.45, 7) is 4.42. The van der Waals surface area contributed by atoms with Crippen molar-refractivity contribution in [1.29, 1.82) is 0 Å². The second-order valence-electron chi connectivity index (χ2n) is 6.23. The standard InChI is InChI=1S/C20H22N2O4S/c1-2-12-26-19-10-6-8-17(15-19)21-20(23)16-7-5-9-18(14-16)22-11-3-4-13-27(22,24)25/h2,5-10,14-15H,1,3-4,11-13H2,(H,21,23). The average Bonchev–Trinajstić information content (AvgIpc) is 2.66. The molecule has 1 amide bonds. The fourth-order valence-corrected chi connectivity index (χ4v) is 4.53. The number of anilines is 2. The van der Waals surface area contributed by atoms with Gasteiger partial charge in [0, 0.05) is 23.9 Å². The van der Waals surface area contributed by atoms with Crippen LogP contribution in [0.3, 0.4) is 0 Å². The summed E-state index contributed by atoms with van der Waals surface area (Å²) in [6.07, 6.45) is 3.13. The molecule has 1 N–H and O–H groups in total. The summed E-state index contributed by atoms with van der Waals surface area (Å²) in [5, 5.41) is 2.81. The van der Waals surface area contributed by atoms with Crippen molar-refractivity contribution in [2.24, 2.45) is 0 Å². The van der Waals surface area contributed by atoms with Gasteiger partial charge in [-0.25, -0.2) is 8.42 Å². The van der Waals surface area contributed by atoms with Crippen LogP contribution in [-0.2, 0) is 10.0 Å². The van der Waals surface area contributed by atoms with Crippen molar-refractivity contribution in [3.05, 3.63) is 66.7 Å². The van der Waals surface area contributed by atoms with Crippen LogP contribution in [-0.4, -0.2) is 33.2 Å². The van der Waals surface area contributed by atoms with Gasteiger partial charge in [0.15, 0.2) is 0 Å². The SMILES string of the molecule is C=CCOc1cccc(NC(=O)c2cccc(N3CCCCS3(=O)=O)c2)c1. The number of nitrogens with zero attached hydrogens (tertiary/aromatic N) is 1. The second kappa shape index (κ2) is 8.26. The van der Waals surface area contributed by atoms with Gasteiger partial charge in [-0.05, 0) is 43.2 Å². The maximum atomic E-state index is 12.6. The van der Waals surface area contributed by atoms with Crippen molar-refractivity contribution < 1.29 is 17.9 Å². The van der Waals surface area contributed by atoms with Crippen molar-refractivity contribution in [1.82, 2.24) is 0 Å². The summed E-state index contributed by atoms with van der Waals surface area (Å²) < 4.78 is 31.4. The van der Waals surface area contributed by atoms with Crippen LogP contribution in [0.1, 0.15) is 23.2 Å². The Morgan fingerprint density at radius 3 is 2.78 bits per heavy atom. The van der Waals surface area contributed by atoms with E-state index in [0.717, 1.165) is 6.42 Å². The number of nitrogens with one attached hydrogen (secondary N) is 1. The number of hydrogen-bond donors (Lipinski definition) is 1. The third-order valence-electron chi connectivity index (χ3n) is 4.21. The molecule has 0 aliphatic carbocycles. The number of benzene rings is 2. The summed E-state index contributed by atoms with van der Waals surface area (Å²) in [7, 11) is -3.32. The highest BCUT2D eigenvalue weighted by molar-refractivity contribution is 7.92. The minimum Gasteiger partial charge on any atom is -0.489 e. The fourth-order valence-electron chi connectivity index (χ4n) is 2.90. The van der Waals surface area contributed by atoms with Crippen LogP contribution in [0.25, 0.3) is 0 Å². The third-order valence-corrected chi connectivity index (χ3v) is 6.07. The Balaban J connectivity index is 1.77. The highest BCUT2D eigenvalue weighted by atomic mass is 32.2. The first kappa shape index (κ1) is 19.0. The zero-order valence-corrected chi connectivity index (χ0v) is 15.7. The molecule has 1 aliphatic heterocycles. The largest absolute Gasteiger partial charge is 0.489 e. The molecule has 1 heterocycles. The molecule has 0 radical (unpaired) electrons. The Morgan fingerprint density at radius 2 is 2.00 bits per heavy atom. The molecule has 0 unspecified atom stereocenters. The molecule has 2 aromatic rings. The van der Waals surface area contributed by atoms with Gasteiger partial charge in [-0.15, -0.1) is 0 Å². The highest BCUT2D eigenvalue weighted by Crippen LogP contribution is 2.25. The van der Waals surface area contributed by atoms with Crippen LogP contribution in [0, 0.1) is 0 Å². The molecule has 27 heavy (non-hydrogen) atoms. The third kappa shape index (κ3) is 4.68. The van der Waals surface area contributed by atoms with Crippen molar-refractivity contribution in [3.8, 4) is 5.75 Å². The van der Waals surface area contributed by atoms with E-state index < -0.39 is 10.0 Å². The fraction of sp³-hybridized carbons (Fsp3) is 0.250. The van der Waals surface area contributed by atoms with Gasteiger partial charge < -0.3 is 10.1 Å². The predicted octanol–water partition coefficient (Wildman–Crippen LogP) is 3.43. The van der Waals surface area contributed by atoms with Crippen molar-refractivity contribution in [2.75, 3.05) is 28.5 Å². The Labute approximate surface area is 159 Å². The molecule has 142 valence electrons. The van der Waals surface area contributed by atoms with Gasteiger partial charge >= 0.3 is 0 Å². The van der Waals surface area contributed by atoms with Crippen molar-refractivity contribution in [2.45, 2.75) is 12.8 Å². The lowest BCUT2D eigenvalue weighted by molar-refractivity contribution is 0.102. The number of rotatable bonds is 6. The second-order valence-corrected chi connectivity index (χ2v) is 8.24. The zero-order chi connectivity index (χ0) is 19.3. The van der Waals surface area contributed by atoms with E-state index in [4.69, 9.17) is 4.74 Å². The Kier molecular flexibility index (Phi) is 5.81. The summed E-state index contributed by atoms with van der Waals surface area (Å²) >= 11 is 0. The summed E-state index contributed by atoms with van der Waals surface area (Å²) in [6, 6.07) is 13.7. The molecule has 1 saturated heterocycles. The number of amides is 1. The monoisotopic (exact) mass is 386 g/mol. The normalized spacial score (nSPS) is 15.8. The van der Waals surface area contributed by atoms with Gasteiger partial charge in [0.25, 0.3) is 5.91 Å². The smallest absolute Gasteiger partial charge is 0.255 e. The molecule has 0 bridgehead atoms. The zero-order valence-electron chi connectivity index (χ0n) is 14.9. The Bertz CT molecular complexity index is 941. The minimum absolute atomic E-state index is 0.140. The highest BCUT2D eigenvalue weighted by Gasteiger charge is 2.26. The Morgan fingerprint density at radius 1 is 1.19 bits per heavy atom. The van der Waals surface area contributed by atoms with Gasteiger partial charge in [0.05, 0.1) is 11.4 Å². The number of sulfonamides is 1. The van der Waals surface area contributed by atoms with E-state index in [1.807, 2.05) is 0 Å². The van der Waals surface area contributed by atoms with Crippen LogP contribution >= 0.6 is 0 Å². The first-order valence-electron chi connectivity index (χ1n) is 8.75. The first-order chi connectivity index (χ1) is 13.0. The first-order valence-corrected chi connectivity index (χ1v) is 10.4. The van der Waals surface area contributed by atoms with Gasteiger partial charge in [-0.1, -0.05) is 24.8 Å². The van der Waals surface area contributed by atoms with E-state index in [0.29, 0.717) is 42.3 Å². The number of ether oxygens (including phenoxy) is 1. The molecular formula is C20H22N2O4S. The molecule has 0 spiro atoms. The van der Waals surface area contributed by atoms with E-state index in [1.54, 1.807) is 54.6 Å². The van der Waals surface area contributed by atoms with E-state index in [2.05, 4.69) is 11.9 Å². The summed E-state index contributed by atoms with van der Waals surface area (Å²) in [5.74, 6) is 0.453. The van der Waals surface area contributed by atoms with Crippen LogP contribution in [0.15, 0.2) is 61.2 Å². The lowest BCUT2D eigenvalue weighted by Gasteiger charge is -2.28. The maximum absolute atomic E-state index is 12.6. The molecule has 3 rings (SSSR count). The van der Waals surface area contributed by atoms with Gasteiger partial charge in [0.1, 0.15) is 12.4 Å². The van der Waals surface area contributed by atoms with Crippen LogP contribution in [0.4, 0.5) is 11.4 Å². The topological polar surface area (TPSA) is 75.7 Å². The van der Waals surface area contributed by atoms with E-state index in [1.165, 1.54) is 4.31 Å². The number of hydrogen-bond acceptors (Lipinski definition) is 4. The van der Waals surface area contributed by atoms with E-state index in [-0.39, 0.29) is 11.7 Å². The molecule has 0 atom stereocenters. The molecule has 6 nitrogen and oxygen atoms in total. The average molecular weight is 386 g/mol. The van der Waals surface area contributed by atoms with Crippen LogP contribution in [0.2, 0.25) is 0 Å². The lowest BCUT2D eigenvalue weighted by Crippen LogP contribution is -2.37. The molecule has 0 aromatic heterocycles. The van der Waals surface area contributed by atoms with Crippen molar-refractivity contribution >= 4 is 27.3 Å². The molecule has 7 heteroatoms. The Hall–Kier alpha value is -2.80.